The maximum absolute atomic E-state index is 12.5. The lowest BCUT2D eigenvalue weighted by Gasteiger charge is -2.08. The summed E-state index contributed by atoms with van der Waals surface area (Å²) >= 11 is 7.00. The van der Waals surface area contributed by atoms with Gasteiger partial charge in [-0.3, -0.25) is 4.72 Å². The molecular weight excluding hydrogens is 370 g/mol. The van der Waals surface area contributed by atoms with Gasteiger partial charge in [0.25, 0.3) is 10.0 Å². The number of imidazole rings is 1. The molecule has 0 aliphatic heterocycles. The Morgan fingerprint density at radius 1 is 1.38 bits per heavy atom. The summed E-state index contributed by atoms with van der Waals surface area (Å²) in [7, 11) is -3.75. The van der Waals surface area contributed by atoms with Gasteiger partial charge in [0, 0.05) is 41.9 Å². The second kappa shape index (κ2) is 6.88. The van der Waals surface area contributed by atoms with Gasteiger partial charge >= 0.3 is 0 Å². The minimum atomic E-state index is -3.75. The zero-order chi connectivity index (χ0) is 17.2. The fourth-order valence-corrected chi connectivity index (χ4v) is 4.43. The lowest BCUT2D eigenvalue weighted by atomic mass is 10.2. The van der Waals surface area contributed by atoms with Gasteiger partial charge in [0.15, 0.2) is 0 Å². The van der Waals surface area contributed by atoms with Crippen LogP contribution in [0.15, 0.2) is 41.8 Å². The van der Waals surface area contributed by atoms with Gasteiger partial charge in [-0.05, 0) is 24.6 Å². The van der Waals surface area contributed by atoms with Crippen LogP contribution in [0, 0.1) is 6.92 Å². The highest BCUT2D eigenvalue weighted by molar-refractivity contribution is 7.93. The maximum Gasteiger partial charge on any atom is 0.264 e. The van der Waals surface area contributed by atoms with Gasteiger partial charge in [-0.1, -0.05) is 17.7 Å². The van der Waals surface area contributed by atoms with Crippen LogP contribution in [0.3, 0.4) is 0 Å². The van der Waals surface area contributed by atoms with E-state index in [4.69, 9.17) is 11.6 Å². The Hall–Kier alpha value is -1.97. The average Bonchev–Trinajstić information content (AvgIpc) is 3.19. The molecule has 0 bridgehead atoms. The van der Waals surface area contributed by atoms with Crippen LogP contribution in [0.2, 0.25) is 5.02 Å². The van der Waals surface area contributed by atoms with Gasteiger partial charge in [0.1, 0.15) is 5.82 Å². The fourth-order valence-electron chi connectivity index (χ4n) is 2.09. The molecule has 0 amide bonds. The van der Waals surface area contributed by atoms with Gasteiger partial charge in [0.2, 0.25) is 5.13 Å². The molecule has 2 aromatic heterocycles. The molecule has 0 radical (unpaired) electrons. The molecule has 24 heavy (non-hydrogen) atoms. The topological polar surface area (TPSA) is 89.8 Å². The van der Waals surface area contributed by atoms with E-state index >= 15 is 0 Å². The molecule has 126 valence electrons. The molecule has 3 aromatic rings. The molecule has 0 aliphatic rings. The number of halogens is 1. The molecule has 1 aromatic carbocycles. The first-order valence-corrected chi connectivity index (χ1v) is 9.65. The van der Waals surface area contributed by atoms with E-state index in [1.165, 1.54) is 6.07 Å². The number of sulfonamides is 1. The van der Waals surface area contributed by atoms with Crippen molar-refractivity contribution in [2.75, 3.05) is 4.72 Å². The van der Waals surface area contributed by atoms with Crippen molar-refractivity contribution in [3.63, 3.8) is 0 Å². The summed E-state index contributed by atoms with van der Waals surface area (Å²) in [5.74, 6) is 0.578. The van der Waals surface area contributed by atoms with Gasteiger partial charge in [0.05, 0.1) is 11.2 Å². The van der Waals surface area contributed by atoms with Crippen molar-refractivity contribution in [2.45, 2.75) is 24.8 Å². The smallest absolute Gasteiger partial charge is 0.264 e. The van der Waals surface area contributed by atoms with E-state index < -0.39 is 10.0 Å². The molecule has 7 nitrogen and oxygen atoms in total. The first-order valence-electron chi connectivity index (χ1n) is 7.02. The van der Waals surface area contributed by atoms with Crippen LogP contribution in [0.5, 0.6) is 0 Å². The molecule has 0 fully saturated rings. The van der Waals surface area contributed by atoms with Crippen molar-refractivity contribution < 1.29 is 8.42 Å². The van der Waals surface area contributed by atoms with Gasteiger partial charge in [-0.25, -0.2) is 18.4 Å². The monoisotopic (exact) mass is 383 g/mol. The molecule has 2 heterocycles. The van der Waals surface area contributed by atoms with E-state index in [1.807, 2.05) is 10.8 Å². The minimum Gasteiger partial charge on any atom is -0.337 e. The number of aromatic nitrogens is 4. The summed E-state index contributed by atoms with van der Waals surface area (Å²) in [4.78, 5) is 8.31. The van der Waals surface area contributed by atoms with Crippen LogP contribution in [0.25, 0.3) is 0 Å². The Morgan fingerprint density at radius 2 is 2.21 bits per heavy atom. The number of hydrogen-bond acceptors (Lipinski definition) is 6. The largest absolute Gasteiger partial charge is 0.337 e. The molecule has 3 rings (SSSR count). The van der Waals surface area contributed by atoms with Gasteiger partial charge in [-0.2, -0.15) is 4.37 Å². The molecular formula is C14H14ClN5O2S2. The standard InChI is InChI=1S/C14H14ClN5O2S2/c1-10-11(15)3-2-4-12(10)24(21,22)19-14-17-13(18-23-14)5-7-20-8-6-16-9-20/h2-4,6,8-9H,5,7H2,1H3,(H,17,18,19). The van der Waals surface area contributed by atoms with E-state index in [0.717, 1.165) is 11.5 Å². The summed E-state index contributed by atoms with van der Waals surface area (Å²) in [6.45, 7) is 2.34. The highest BCUT2D eigenvalue weighted by atomic mass is 35.5. The van der Waals surface area contributed by atoms with Crippen molar-refractivity contribution in [1.82, 2.24) is 18.9 Å². The number of rotatable bonds is 6. The van der Waals surface area contributed by atoms with Crippen molar-refractivity contribution in [1.29, 1.82) is 0 Å². The highest BCUT2D eigenvalue weighted by Gasteiger charge is 2.20. The van der Waals surface area contributed by atoms with Gasteiger partial charge in [-0.15, -0.1) is 0 Å². The van der Waals surface area contributed by atoms with Crippen molar-refractivity contribution >= 4 is 38.3 Å². The normalized spacial score (nSPS) is 11.6. The first-order chi connectivity index (χ1) is 11.5. The molecule has 0 unspecified atom stereocenters. The Morgan fingerprint density at radius 3 is 2.96 bits per heavy atom. The van der Waals surface area contributed by atoms with E-state index in [-0.39, 0.29) is 10.0 Å². The summed E-state index contributed by atoms with van der Waals surface area (Å²) in [5, 5.41) is 0.631. The third-order valence-electron chi connectivity index (χ3n) is 3.35. The Labute approximate surface area is 148 Å². The summed E-state index contributed by atoms with van der Waals surface area (Å²) in [6.07, 6.45) is 5.84. The van der Waals surface area contributed by atoms with Crippen LogP contribution in [0.1, 0.15) is 11.4 Å². The van der Waals surface area contributed by atoms with E-state index in [1.54, 1.807) is 31.6 Å². The number of nitrogens with one attached hydrogen (secondary N) is 1. The molecule has 1 N–H and O–H groups in total. The third-order valence-corrected chi connectivity index (χ3v) is 6.04. The number of aryl methyl sites for hydroxylation is 2. The predicted octanol–water partition coefficient (Wildman–Crippen LogP) is 2.74. The zero-order valence-electron chi connectivity index (χ0n) is 12.7. The first kappa shape index (κ1) is 16.9. The Balaban J connectivity index is 1.72. The quantitative estimate of drug-likeness (QED) is 0.706. The predicted molar refractivity (Wildman–Crippen MR) is 92.8 cm³/mol. The van der Waals surface area contributed by atoms with Gasteiger partial charge < -0.3 is 4.57 Å². The second-order valence-electron chi connectivity index (χ2n) is 5.03. The number of benzene rings is 1. The molecule has 10 heteroatoms. The van der Waals surface area contributed by atoms with E-state index in [2.05, 4.69) is 19.1 Å². The number of anilines is 1. The summed E-state index contributed by atoms with van der Waals surface area (Å²) in [6, 6.07) is 4.75. The van der Waals surface area contributed by atoms with Crippen molar-refractivity contribution in [3.8, 4) is 0 Å². The molecule has 0 atom stereocenters. The van der Waals surface area contributed by atoms with Crippen molar-refractivity contribution in [2.24, 2.45) is 0 Å². The molecule has 0 spiro atoms. The number of nitrogens with zero attached hydrogens (tertiary/aromatic N) is 4. The third kappa shape index (κ3) is 3.74. The van der Waals surface area contributed by atoms with Crippen LogP contribution in [0.4, 0.5) is 5.13 Å². The Bertz CT molecular complexity index is 938. The Kier molecular flexibility index (Phi) is 4.83. The fraction of sp³-hybridized carbons (Fsp3) is 0.214. The summed E-state index contributed by atoms with van der Waals surface area (Å²) < 4.78 is 33.5. The van der Waals surface area contributed by atoms with E-state index in [9.17, 15) is 8.42 Å². The van der Waals surface area contributed by atoms with Crippen molar-refractivity contribution in [3.05, 3.63) is 53.3 Å². The molecule has 0 saturated carbocycles. The summed E-state index contributed by atoms with van der Waals surface area (Å²) in [5.41, 5.74) is 0.497. The molecule has 0 aliphatic carbocycles. The minimum absolute atomic E-state index is 0.130. The average molecular weight is 384 g/mol. The lowest BCUT2D eigenvalue weighted by molar-refractivity contribution is 0.600. The molecule has 0 saturated heterocycles. The lowest BCUT2D eigenvalue weighted by Crippen LogP contribution is -2.14. The van der Waals surface area contributed by atoms with Crippen LogP contribution < -0.4 is 4.72 Å². The zero-order valence-corrected chi connectivity index (χ0v) is 15.1. The van der Waals surface area contributed by atoms with Crippen LogP contribution in [-0.4, -0.2) is 27.3 Å². The van der Waals surface area contributed by atoms with Crippen LogP contribution in [-0.2, 0) is 23.0 Å². The SMILES string of the molecule is Cc1c(Cl)cccc1S(=O)(=O)Nc1nc(CCn2ccnc2)ns1. The maximum atomic E-state index is 12.5. The second-order valence-corrected chi connectivity index (χ2v) is 7.84. The van der Waals surface area contributed by atoms with Crippen LogP contribution >= 0.6 is 23.1 Å². The number of hydrogen-bond donors (Lipinski definition) is 1. The van der Waals surface area contributed by atoms with E-state index in [0.29, 0.717) is 29.4 Å². The highest BCUT2D eigenvalue weighted by Crippen LogP contribution is 2.25.